The number of primary amides is 1. The van der Waals surface area contributed by atoms with Crippen molar-refractivity contribution in [1.82, 2.24) is 5.32 Å². The van der Waals surface area contributed by atoms with E-state index in [9.17, 15) is 9.59 Å². The van der Waals surface area contributed by atoms with E-state index in [2.05, 4.69) is 5.32 Å². The van der Waals surface area contributed by atoms with Crippen LogP contribution in [0.3, 0.4) is 0 Å². The zero-order valence-electron chi connectivity index (χ0n) is 9.86. The van der Waals surface area contributed by atoms with Crippen LogP contribution in [0.25, 0.3) is 10.8 Å². The van der Waals surface area contributed by atoms with Crippen molar-refractivity contribution in [3.05, 3.63) is 41.5 Å². The van der Waals surface area contributed by atoms with Crippen molar-refractivity contribution in [1.29, 1.82) is 0 Å². The summed E-state index contributed by atoms with van der Waals surface area (Å²) in [5, 5.41) is 3.84. The number of carbonyl (C=O) groups excluding carboxylic acids is 2. The summed E-state index contributed by atoms with van der Waals surface area (Å²) in [6, 6.07) is 8.56. The van der Waals surface area contributed by atoms with Gasteiger partial charge in [-0.2, -0.15) is 0 Å². The molecule has 0 aliphatic heterocycles. The Morgan fingerprint density at radius 1 is 1.17 bits per heavy atom. The standard InChI is InChI=1S/C13H13N3O2/c1-16-13(18)11-8-5-3-2-4-7(8)10(14)6-9(11)12(15)17/h2-6H,14H2,1H3,(H2,15,17)(H,16,18). The second kappa shape index (κ2) is 4.37. The molecule has 2 rings (SSSR count). The van der Waals surface area contributed by atoms with Gasteiger partial charge in [0.05, 0.1) is 11.1 Å². The molecule has 0 aliphatic carbocycles. The maximum Gasteiger partial charge on any atom is 0.252 e. The fourth-order valence-corrected chi connectivity index (χ4v) is 1.97. The summed E-state index contributed by atoms with van der Waals surface area (Å²) < 4.78 is 0. The third-order valence-corrected chi connectivity index (χ3v) is 2.80. The van der Waals surface area contributed by atoms with Crippen LogP contribution in [0.4, 0.5) is 5.69 Å². The molecular formula is C13H13N3O2. The number of nitrogen functional groups attached to an aromatic ring is 1. The van der Waals surface area contributed by atoms with Crippen LogP contribution in [0, 0.1) is 0 Å². The molecule has 2 aromatic carbocycles. The minimum absolute atomic E-state index is 0.130. The van der Waals surface area contributed by atoms with Gasteiger partial charge in [0.1, 0.15) is 0 Å². The minimum Gasteiger partial charge on any atom is -0.398 e. The summed E-state index contributed by atoms with van der Waals surface area (Å²) in [7, 11) is 1.50. The molecule has 0 aliphatic rings. The van der Waals surface area contributed by atoms with Crippen molar-refractivity contribution >= 4 is 28.3 Å². The Bertz CT molecular complexity index is 650. The molecule has 5 nitrogen and oxygen atoms in total. The van der Waals surface area contributed by atoms with Crippen molar-refractivity contribution in [3.63, 3.8) is 0 Å². The predicted octanol–water partition coefficient (Wildman–Crippen LogP) is 0.880. The molecule has 2 aromatic rings. The number of hydrogen-bond acceptors (Lipinski definition) is 3. The molecule has 0 bridgehead atoms. The van der Waals surface area contributed by atoms with Crippen molar-refractivity contribution in [2.75, 3.05) is 12.8 Å². The van der Waals surface area contributed by atoms with Gasteiger partial charge in [-0.3, -0.25) is 9.59 Å². The van der Waals surface area contributed by atoms with Crippen molar-refractivity contribution < 1.29 is 9.59 Å². The fourth-order valence-electron chi connectivity index (χ4n) is 1.97. The van der Waals surface area contributed by atoms with E-state index in [1.165, 1.54) is 13.1 Å². The maximum absolute atomic E-state index is 11.9. The van der Waals surface area contributed by atoms with E-state index in [0.717, 1.165) is 5.39 Å². The van der Waals surface area contributed by atoms with Crippen LogP contribution in [0.15, 0.2) is 30.3 Å². The van der Waals surface area contributed by atoms with E-state index in [1.807, 2.05) is 6.07 Å². The lowest BCUT2D eigenvalue weighted by Gasteiger charge is -2.11. The Labute approximate surface area is 104 Å². The van der Waals surface area contributed by atoms with Crippen LogP contribution in [0.1, 0.15) is 20.7 Å². The number of nitrogens with one attached hydrogen (secondary N) is 1. The van der Waals surface area contributed by atoms with E-state index < -0.39 is 5.91 Å². The number of rotatable bonds is 2. The number of anilines is 1. The summed E-state index contributed by atoms with van der Waals surface area (Å²) in [4.78, 5) is 23.3. The monoisotopic (exact) mass is 243 g/mol. The molecule has 92 valence electrons. The van der Waals surface area contributed by atoms with Gasteiger partial charge in [0.15, 0.2) is 0 Å². The third-order valence-electron chi connectivity index (χ3n) is 2.80. The van der Waals surface area contributed by atoms with Crippen LogP contribution < -0.4 is 16.8 Å². The minimum atomic E-state index is -0.675. The molecule has 0 aromatic heterocycles. The second-order valence-corrected chi connectivity index (χ2v) is 3.88. The third kappa shape index (κ3) is 1.75. The zero-order valence-corrected chi connectivity index (χ0v) is 9.86. The molecule has 0 atom stereocenters. The summed E-state index contributed by atoms with van der Waals surface area (Å²) in [6.07, 6.45) is 0. The van der Waals surface area contributed by atoms with Crippen molar-refractivity contribution in [2.24, 2.45) is 5.73 Å². The number of hydrogen-bond donors (Lipinski definition) is 3. The van der Waals surface area contributed by atoms with Gasteiger partial charge in [-0.25, -0.2) is 0 Å². The number of carbonyl (C=O) groups is 2. The van der Waals surface area contributed by atoms with Crippen LogP contribution in [-0.2, 0) is 0 Å². The number of nitrogens with two attached hydrogens (primary N) is 2. The summed E-state index contributed by atoms with van der Waals surface area (Å²) in [6.45, 7) is 0. The van der Waals surface area contributed by atoms with E-state index in [4.69, 9.17) is 11.5 Å². The first kappa shape index (κ1) is 11.9. The van der Waals surface area contributed by atoms with Gasteiger partial charge in [-0.15, -0.1) is 0 Å². The molecule has 2 amide bonds. The normalized spacial score (nSPS) is 10.3. The lowest BCUT2D eigenvalue weighted by atomic mass is 9.96. The molecule has 0 radical (unpaired) electrons. The van der Waals surface area contributed by atoms with Crippen LogP contribution >= 0.6 is 0 Å². The van der Waals surface area contributed by atoms with Gasteiger partial charge < -0.3 is 16.8 Å². The Morgan fingerprint density at radius 3 is 2.33 bits per heavy atom. The number of benzene rings is 2. The van der Waals surface area contributed by atoms with Crippen LogP contribution in [0.2, 0.25) is 0 Å². The number of fused-ring (bicyclic) bond motifs is 1. The van der Waals surface area contributed by atoms with Gasteiger partial charge in [-0.05, 0) is 11.5 Å². The Morgan fingerprint density at radius 2 is 1.78 bits per heavy atom. The predicted molar refractivity (Wildman–Crippen MR) is 70.3 cm³/mol. The fraction of sp³-hybridized carbons (Fsp3) is 0.0769. The summed E-state index contributed by atoms with van der Waals surface area (Å²) in [5.74, 6) is -1.04. The lowest BCUT2D eigenvalue weighted by Crippen LogP contribution is -2.24. The first-order valence-electron chi connectivity index (χ1n) is 5.39. The van der Waals surface area contributed by atoms with Gasteiger partial charge >= 0.3 is 0 Å². The molecule has 18 heavy (non-hydrogen) atoms. The maximum atomic E-state index is 11.9. The molecule has 5 N–H and O–H groups in total. The smallest absolute Gasteiger partial charge is 0.252 e. The first-order chi connectivity index (χ1) is 8.56. The largest absolute Gasteiger partial charge is 0.398 e. The Kier molecular flexibility index (Phi) is 2.89. The van der Waals surface area contributed by atoms with E-state index in [-0.39, 0.29) is 17.0 Å². The lowest BCUT2D eigenvalue weighted by molar-refractivity contribution is 0.0945. The van der Waals surface area contributed by atoms with Crippen molar-refractivity contribution in [2.45, 2.75) is 0 Å². The molecule has 5 heteroatoms. The molecule has 0 spiro atoms. The molecule has 0 fully saturated rings. The average Bonchev–Trinajstić information content (AvgIpc) is 2.37. The molecule has 0 unspecified atom stereocenters. The molecule has 0 heterocycles. The highest BCUT2D eigenvalue weighted by atomic mass is 16.2. The zero-order chi connectivity index (χ0) is 13.3. The average molecular weight is 243 g/mol. The van der Waals surface area contributed by atoms with Gasteiger partial charge in [0, 0.05) is 18.1 Å². The highest BCUT2D eigenvalue weighted by molar-refractivity contribution is 6.17. The topological polar surface area (TPSA) is 98.2 Å². The van der Waals surface area contributed by atoms with Crippen LogP contribution in [0.5, 0.6) is 0 Å². The van der Waals surface area contributed by atoms with E-state index in [1.54, 1.807) is 18.2 Å². The first-order valence-corrected chi connectivity index (χ1v) is 5.39. The Hall–Kier alpha value is -2.56. The summed E-state index contributed by atoms with van der Waals surface area (Å²) in [5.41, 5.74) is 12.0. The second-order valence-electron chi connectivity index (χ2n) is 3.88. The summed E-state index contributed by atoms with van der Waals surface area (Å²) >= 11 is 0. The molecular weight excluding hydrogens is 230 g/mol. The highest BCUT2D eigenvalue weighted by Crippen LogP contribution is 2.27. The number of amides is 2. The van der Waals surface area contributed by atoms with Crippen molar-refractivity contribution in [3.8, 4) is 0 Å². The van der Waals surface area contributed by atoms with E-state index in [0.29, 0.717) is 11.1 Å². The highest BCUT2D eigenvalue weighted by Gasteiger charge is 2.19. The van der Waals surface area contributed by atoms with Crippen LogP contribution in [-0.4, -0.2) is 18.9 Å². The van der Waals surface area contributed by atoms with Gasteiger partial charge in [0.25, 0.3) is 5.91 Å². The molecule has 0 saturated carbocycles. The van der Waals surface area contributed by atoms with E-state index >= 15 is 0 Å². The van der Waals surface area contributed by atoms with Gasteiger partial charge in [0.2, 0.25) is 5.91 Å². The SMILES string of the molecule is CNC(=O)c1c(C(N)=O)cc(N)c2ccccc12. The quantitative estimate of drug-likeness (QED) is 0.683. The van der Waals surface area contributed by atoms with Gasteiger partial charge in [-0.1, -0.05) is 24.3 Å². The Balaban J connectivity index is 2.93. The molecule has 0 saturated heterocycles.